The van der Waals surface area contributed by atoms with E-state index < -0.39 is 0 Å². The van der Waals surface area contributed by atoms with Gasteiger partial charge < -0.3 is 10.6 Å². The number of benzene rings is 1. The highest BCUT2D eigenvalue weighted by molar-refractivity contribution is 5.96. The third-order valence-corrected chi connectivity index (χ3v) is 5.78. The van der Waals surface area contributed by atoms with Crippen LogP contribution in [0.3, 0.4) is 0 Å². The lowest BCUT2D eigenvalue weighted by atomic mass is 9.95. The molecule has 1 aliphatic rings. The van der Waals surface area contributed by atoms with Gasteiger partial charge in [0.05, 0.1) is 17.9 Å². The number of aromatic nitrogens is 2. The summed E-state index contributed by atoms with van der Waals surface area (Å²) in [7, 11) is 0. The second kappa shape index (κ2) is 9.22. The van der Waals surface area contributed by atoms with Gasteiger partial charge in [0.15, 0.2) is 0 Å². The van der Waals surface area contributed by atoms with Gasteiger partial charge in [0.1, 0.15) is 0 Å². The normalized spacial score (nSPS) is 16.4. The maximum atomic E-state index is 12.8. The molecule has 2 heterocycles. The van der Waals surface area contributed by atoms with Crippen molar-refractivity contribution in [2.24, 2.45) is 5.92 Å². The third kappa shape index (κ3) is 5.03. The van der Waals surface area contributed by atoms with Crippen molar-refractivity contribution in [3.63, 3.8) is 0 Å². The molecule has 29 heavy (non-hydrogen) atoms. The lowest BCUT2D eigenvalue weighted by Crippen LogP contribution is -2.47. The Kier molecular flexibility index (Phi) is 6.69. The molecule has 0 bridgehead atoms. The van der Waals surface area contributed by atoms with Crippen molar-refractivity contribution in [3.05, 3.63) is 41.7 Å². The number of carbonyl (C=O) groups is 2. The Labute approximate surface area is 172 Å². The number of hydrogen-bond acceptors (Lipinski definition) is 4. The molecule has 2 aromatic rings. The van der Waals surface area contributed by atoms with Crippen LogP contribution in [0.4, 0.5) is 11.4 Å². The van der Waals surface area contributed by atoms with Crippen molar-refractivity contribution in [1.29, 1.82) is 0 Å². The van der Waals surface area contributed by atoms with Gasteiger partial charge in [-0.25, -0.2) is 0 Å². The second-order valence-electron chi connectivity index (χ2n) is 7.82. The van der Waals surface area contributed by atoms with Crippen LogP contribution >= 0.6 is 0 Å². The number of amides is 2. The fourth-order valence-electron chi connectivity index (χ4n) is 3.80. The number of hydrogen-bond donors (Lipinski definition) is 2. The Morgan fingerprint density at radius 3 is 2.41 bits per heavy atom. The molecule has 7 heteroatoms. The van der Waals surface area contributed by atoms with Gasteiger partial charge in [0.2, 0.25) is 11.8 Å². The molecule has 0 radical (unpaired) electrons. The summed E-state index contributed by atoms with van der Waals surface area (Å²) in [6.45, 7) is 10.2. The molecule has 0 spiro atoms. The first-order chi connectivity index (χ1) is 13.9. The monoisotopic (exact) mass is 397 g/mol. The first kappa shape index (κ1) is 21.0. The van der Waals surface area contributed by atoms with Crippen LogP contribution in [0, 0.1) is 19.8 Å². The molecule has 1 unspecified atom stereocenters. The number of nitrogens with one attached hydrogen (secondary N) is 2. The largest absolute Gasteiger partial charge is 0.324 e. The fourth-order valence-corrected chi connectivity index (χ4v) is 3.80. The van der Waals surface area contributed by atoms with Crippen molar-refractivity contribution < 1.29 is 9.59 Å². The van der Waals surface area contributed by atoms with E-state index in [2.05, 4.69) is 20.6 Å². The lowest BCUT2D eigenvalue weighted by Gasteiger charge is -2.34. The SMILES string of the molecule is CCn1cc(NC(=O)C2CCN(C(C)C(=O)Nc3c(C)cccc3C)CC2)cn1. The number of piperidine rings is 1. The molecular weight excluding hydrogens is 366 g/mol. The predicted molar refractivity (Wildman–Crippen MR) is 115 cm³/mol. The third-order valence-electron chi connectivity index (χ3n) is 5.78. The zero-order valence-electron chi connectivity index (χ0n) is 17.7. The molecule has 2 amide bonds. The molecule has 1 aromatic heterocycles. The minimum absolute atomic E-state index is 0.00252. The van der Waals surface area contributed by atoms with E-state index in [1.165, 1.54) is 0 Å². The second-order valence-corrected chi connectivity index (χ2v) is 7.82. The van der Waals surface area contributed by atoms with Crippen molar-refractivity contribution in [2.75, 3.05) is 23.7 Å². The summed E-state index contributed by atoms with van der Waals surface area (Å²) >= 11 is 0. The van der Waals surface area contributed by atoms with Crippen LogP contribution in [-0.2, 0) is 16.1 Å². The standard InChI is InChI=1S/C22H31N5O2/c1-5-27-14-19(13-23-27)24-22(29)18-9-11-26(12-10-18)17(4)21(28)25-20-15(2)7-6-8-16(20)3/h6-8,13-14,17-18H,5,9-12H2,1-4H3,(H,24,29)(H,25,28). The fraction of sp³-hybridized carbons (Fsp3) is 0.500. The first-order valence-corrected chi connectivity index (χ1v) is 10.3. The molecule has 0 aliphatic carbocycles. The molecule has 1 aliphatic heterocycles. The van der Waals surface area contributed by atoms with Crippen molar-refractivity contribution in [1.82, 2.24) is 14.7 Å². The van der Waals surface area contributed by atoms with E-state index in [9.17, 15) is 9.59 Å². The topological polar surface area (TPSA) is 79.3 Å². The van der Waals surface area contributed by atoms with Crippen LogP contribution in [0.15, 0.2) is 30.6 Å². The Bertz CT molecular complexity index is 848. The van der Waals surface area contributed by atoms with E-state index in [4.69, 9.17) is 0 Å². The highest BCUT2D eigenvalue weighted by atomic mass is 16.2. The molecule has 7 nitrogen and oxygen atoms in total. The van der Waals surface area contributed by atoms with Gasteiger partial charge in [0, 0.05) is 24.3 Å². The number of likely N-dealkylation sites (tertiary alicyclic amines) is 1. The van der Waals surface area contributed by atoms with Gasteiger partial charge in [-0.2, -0.15) is 5.10 Å². The van der Waals surface area contributed by atoms with Crippen LogP contribution in [0.25, 0.3) is 0 Å². The molecule has 2 N–H and O–H groups in total. The number of carbonyl (C=O) groups excluding carboxylic acids is 2. The summed E-state index contributed by atoms with van der Waals surface area (Å²) in [4.78, 5) is 27.5. The van der Waals surface area contributed by atoms with Crippen molar-refractivity contribution >= 4 is 23.2 Å². The zero-order chi connectivity index (χ0) is 21.0. The Morgan fingerprint density at radius 1 is 1.17 bits per heavy atom. The van der Waals surface area contributed by atoms with Gasteiger partial charge in [-0.05, 0) is 64.8 Å². The number of nitrogens with zero attached hydrogens (tertiary/aromatic N) is 3. The first-order valence-electron chi connectivity index (χ1n) is 10.3. The predicted octanol–water partition coefficient (Wildman–Crippen LogP) is 3.20. The van der Waals surface area contributed by atoms with Gasteiger partial charge in [-0.1, -0.05) is 18.2 Å². The number of rotatable bonds is 6. The van der Waals surface area contributed by atoms with Gasteiger partial charge in [-0.15, -0.1) is 0 Å². The van der Waals surface area contributed by atoms with Crippen LogP contribution < -0.4 is 10.6 Å². The molecule has 0 saturated carbocycles. The van der Waals surface area contributed by atoms with Crippen LogP contribution in [0.5, 0.6) is 0 Å². The Hall–Kier alpha value is -2.67. The summed E-state index contributed by atoms with van der Waals surface area (Å²) in [5, 5.41) is 10.2. The summed E-state index contributed by atoms with van der Waals surface area (Å²) in [5.41, 5.74) is 3.76. The average molecular weight is 398 g/mol. The van der Waals surface area contributed by atoms with E-state index in [1.54, 1.807) is 10.9 Å². The molecule has 1 saturated heterocycles. The summed E-state index contributed by atoms with van der Waals surface area (Å²) < 4.78 is 1.79. The quantitative estimate of drug-likeness (QED) is 0.785. The molecule has 3 rings (SSSR count). The minimum Gasteiger partial charge on any atom is -0.324 e. The Morgan fingerprint density at radius 2 is 1.83 bits per heavy atom. The minimum atomic E-state index is -0.235. The molecular formula is C22H31N5O2. The van der Waals surface area contributed by atoms with Crippen molar-refractivity contribution in [2.45, 2.75) is 53.1 Å². The van der Waals surface area contributed by atoms with E-state index >= 15 is 0 Å². The lowest BCUT2D eigenvalue weighted by molar-refractivity contribution is -0.123. The number of aryl methyl sites for hydroxylation is 3. The summed E-state index contributed by atoms with van der Waals surface area (Å²) in [6.07, 6.45) is 5.01. The van der Waals surface area contributed by atoms with E-state index in [-0.39, 0.29) is 23.8 Å². The molecule has 1 atom stereocenters. The molecule has 1 fully saturated rings. The maximum Gasteiger partial charge on any atom is 0.241 e. The smallest absolute Gasteiger partial charge is 0.241 e. The van der Waals surface area contributed by atoms with Crippen LogP contribution in [-0.4, -0.2) is 45.6 Å². The highest BCUT2D eigenvalue weighted by Crippen LogP contribution is 2.23. The van der Waals surface area contributed by atoms with E-state index in [1.807, 2.05) is 52.1 Å². The molecule has 156 valence electrons. The van der Waals surface area contributed by atoms with Gasteiger partial charge >= 0.3 is 0 Å². The Balaban J connectivity index is 1.51. The number of anilines is 2. The van der Waals surface area contributed by atoms with Crippen LogP contribution in [0.1, 0.15) is 37.8 Å². The van der Waals surface area contributed by atoms with E-state index in [0.29, 0.717) is 0 Å². The maximum absolute atomic E-state index is 12.8. The summed E-state index contributed by atoms with van der Waals surface area (Å²) in [5.74, 6) is -0.00433. The average Bonchev–Trinajstić information content (AvgIpc) is 3.17. The van der Waals surface area contributed by atoms with Gasteiger partial charge in [-0.3, -0.25) is 19.2 Å². The van der Waals surface area contributed by atoms with Gasteiger partial charge in [0.25, 0.3) is 0 Å². The molecule has 1 aromatic carbocycles. The summed E-state index contributed by atoms with van der Waals surface area (Å²) in [6, 6.07) is 5.76. The highest BCUT2D eigenvalue weighted by Gasteiger charge is 2.30. The van der Waals surface area contributed by atoms with Crippen molar-refractivity contribution in [3.8, 4) is 0 Å². The van der Waals surface area contributed by atoms with E-state index in [0.717, 1.165) is 55.0 Å². The number of para-hydroxylation sites is 1. The van der Waals surface area contributed by atoms with Crippen LogP contribution in [0.2, 0.25) is 0 Å². The zero-order valence-corrected chi connectivity index (χ0v) is 17.7.